The van der Waals surface area contributed by atoms with Crippen LogP contribution < -0.4 is 10.5 Å². The third kappa shape index (κ3) is 4.07. The van der Waals surface area contributed by atoms with E-state index in [1.807, 2.05) is 18.2 Å². The highest BCUT2D eigenvalue weighted by molar-refractivity contribution is 7.89. The molecule has 3 N–H and O–H groups in total. The Morgan fingerprint density at radius 1 is 1.25 bits per heavy atom. The monoisotopic (exact) mass is 416 g/mol. The summed E-state index contributed by atoms with van der Waals surface area (Å²) in [5.74, 6) is -0.195. The molecular formula is C19H20N4O3S2. The first kappa shape index (κ1) is 19.0. The number of aromatic nitrogens is 1. The van der Waals surface area contributed by atoms with Crippen LogP contribution in [0.3, 0.4) is 0 Å². The van der Waals surface area contributed by atoms with Gasteiger partial charge in [0.15, 0.2) is 0 Å². The molecular weight excluding hydrogens is 396 g/mol. The number of amides is 1. The van der Waals surface area contributed by atoms with Crippen LogP contribution in [0.2, 0.25) is 0 Å². The number of carbonyl (C=O) groups is 1. The van der Waals surface area contributed by atoms with E-state index in [0.29, 0.717) is 5.69 Å². The number of primary sulfonamides is 1. The van der Waals surface area contributed by atoms with Gasteiger partial charge in [0.05, 0.1) is 27.7 Å². The second kappa shape index (κ2) is 7.59. The standard InChI is InChI=1S/C19H20N4O3S2/c20-28(25,26)14-6-3-5-13(11-14)21-18(24)12-23-10-4-8-16(23)19-22-15-7-1-2-9-17(15)27-19/h1-3,5-7,9,11,16H,4,8,10,12H2,(H,21,24)(H2,20,25,26)/t16-/m0/s1. The Bertz CT molecular complexity index is 1090. The van der Waals surface area contributed by atoms with E-state index in [9.17, 15) is 13.2 Å². The minimum absolute atomic E-state index is 0.0289. The number of benzene rings is 2. The molecule has 1 aliphatic heterocycles. The summed E-state index contributed by atoms with van der Waals surface area (Å²) in [5.41, 5.74) is 1.39. The fourth-order valence-corrected chi connectivity index (χ4v) is 5.16. The molecule has 1 fully saturated rings. The molecule has 1 saturated heterocycles. The van der Waals surface area contributed by atoms with Gasteiger partial charge in [-0.25, -0.2) is 18.5 Å². The van der Waals surface area contributed by atoms with Gasteiger partial charge in [-0.15, -0.1) is 11.3 Å². The van der Waals surface area contributed by atoms with E-state index in [1.165, 1.54) is 12.1 Å². The van der Waals surface area contributed by atoms with E-state index in [0.717, 1.165) is 34.6 Å². The number of hydrogen-bond donors (Lipinski definition) is 2. The molecule has 0 radical (unpaired) electrons. The van der Waals surface area contributed by atoms with Crippen LogP contribution in [0.15, 0.2) is 53.4 Å². The summed E-state index contributed by atoms with van der Waals surface area (Å²) >= 11 is 1.67. The summed E-state index contributed by atoms with van der Waals surface area (Å²) in [4.78, 5) is 19.4. The van der Waals surface area contributed by atoms with Crippen molar-refractivity contribution in [3.8, 4) is 0 Å². The van der Waals surface area contributed by atoms with Gasteiger partial charge in [0.1, 0.15) is 5.01 Å². The fourth-order valence-electron chi connectivity index (χ4n) is 3.46. The third-order valence-electron chi connectivity index (χ3n) is 4.75. The largest absolute Gasteiger partial charge is 0.325 e. The first-order chi connectivity index (χ1) is 13.4. The Morgan fingerprint density at radius 3 is 2.86 bits per heavy atom. The lowest BCUT2D eigenvalue weighted by molar-refractivity contribution is -0.117. The van der Waals surface area contributed by atoms with Gasteiger partial charge < -0.3 is 5.32 Å². The Kier molecular flexibility index (Phi) is 5.15. The zero-order valence-corrected chi connectivity index (χ0v) is 16.7. The second-order valence-electron chi connectivity index (χ2n) is 6.77. The van der Waals surface area contributed by atoms with E-state index in [2.05, 4.69) is 16.3 Å². The molecule has 0 aliphatic carbocycles. The maximum absolute atomic E-state index is 12.5. The zero-order valence-electron chi connectivity index (χ0n) is 15.0. The number of hydrogen-bond acceptors (Lipinski definition) is 6. The van der Waals surface area contributed by atoms with Gasteiger partial charge in [-0.3, -0.25) is 9.69 Å². The average molecular weight is 417 g/mol. The normalized spacial score (nSPS) is 17.8. The van der Waals surface area contributed by atoms with Gasteiger partial charge >= 0.3 is 0 Å². The van der Waals surface area contributed by atoms with Crippen LogP contribution >= 0.6 is 11.3 Å². The van der Waals surface area contributed by atoms with Crippen molar-refractivity contribution in [1.29, 1.82) is 0 Å². The number of nitrogens with one attached hydrogen (secondary N) is 1. The molecule has 1 aromatic heterocycles. The SMILES string of the molecule is NS(=O)(=O)c1cccc(NC(=O)CN2CCC[C@H]2c2nc3ccccc3s2)c1. The highest BCUT2D eigenvalue weighted by atomic mass is 32.2. The van der Waals surface area contributed by atoms with Gasteiger partial charge in [-0.2, -0.15) is 0 Å². The quantitative estimate of drug-likeness (QED) is 0.665. The van der Waals surface area contributed by atoms with Gasteiger partial charge in [0.2, 0.25) is 15.9 Å². The Morgan fingerprint density at radius 2 is 2.07 bits per heavy atom. The van der Waals surface area contributed by atoms with Crippen molar-refractivity contribution in [2.24, 2.45) is 5.14 Å². The predicted octanol–water partition coefficient (Wildman–Crippen LogP) is 2.72. The number of likely N-dealkylation sites (tertiary alicyclic amines) is 1. The molecule has 9 heteroatoms. The van der Waals surface area contributed by atoms with Crippen molar-refractivity contribution in [1.82, 2.24) is 9.88 Å². The molecule has 0 spiro atoms. The van der Waals surface area contributed by atoms with Crippen molar-refractivity contribution < 1.29 is 13.2 Å². The van der Waals surface area contributed by atoms with Gasteiger partial charge in [0.25, 0.3) is 0 Å². The summed E-state index contributed by atoms with van der Waals surface area (Å²) < 4.78 is 24.1. The molecule has 2 heterocycles. The van der Waals surface area contributed by atoms with Gasteiger partial charge in [-0.1, -0.05) is 18.2 Å². The molecule has 1 atom stereocenters. The maximum Gasteiger partial charge on any atom is 0.238 e. The lowest BCUT2D eigenvalue weighted by Gasteiger charge is -2.22. The Hall–Kier alpha value is -2.33. The Labute approximate surface area is 167 Å². The highest BCUT2D eigenvalue weighted by Gasteiger charge is 2.30. The highest BCUT2D eigenvalue weighted by Crippen LogP contribution is 2.36. The van der Waals surface area contributed by atoms with Crippen LogP contribution in [-0.2, 0) is 14.8 Å². The van der Waals surface area contributed by atoms with E-state index >= 15 is 0 Å². The second-order valence-corrected chi connectivity index (χ2v) is 9.39. The summed E-state index contributed by atoms with van der Waals surface area (Å²) in [6.07, 6.45) is 1.97. The van der Waals surface area contributed by atoms with Crippen molar-refractivity contribution in [2.75, 3.05) is 18.4 Å². The van der Waals surface area contributed by atoms with Gasteiger partial charge in [-0.05, 0) is 49.7 Å². The van der Waals surface area contributed by atoms with Crippen LogP contribution in [0.4, 0.5) is 5.69 Å². The van der Waals surface area contributed by atoms with E-state index in [-0.39, 0.29) is 23.4 Å². The lowest BCUT2D eigenvalue weighted by atomic mass is 10.2. The van der Waals surface area contributed by atoms with Crippen LogP contribution in [0, 0.1) is 0 Å². The van der Waals surface area contributed by atoms with Crippen molar-refractivity contribution >= 4 is 43.2 Å². The van der Waals surface area contributed by atoms with E-state index in [1.54, 1.807) is 23.5 Å². The number of nitrogens with zero attached hydrogens (tertiary/aromatic N) is 2. The zero-order chi connectivity index (χ0) is 19.7. The molecule has 1 amide bonds. The number of nitrogens with two attached hydrogens (primary N) is 1. The maximum atomic E-state index is 12.5. The van der Waals surface area contributed by atoms with Crippen LogP contribution in [0.25, 0.3) is 10.2 Å². The number of anilines is 1. The van der Waals surface area contributed by atoms with Crippen molar-refractivity contribution in [3.05, 3.63) is 53.5 Å². The molecule has 0 bridgehead atoms. The number of rotatable bonds is 5. The van der Waals surface area contributed by atoms with E-state index < -0.39 is 10.0 Å². The average Bonchev–Trinajstić information content (AvgIpc) is 3.27. The molecule has 0 saturated carbocycles. The summed E-state index contributed by atoms with van der Waals surface area (Å²) in [5, 5.41) is 8.94. The number of sulfonamides is 1. The topological polar surface area (TPSA) is 105 Å². The van der Waals surface area contributed by atoms with Crippen LogP contribution in [-0.4, -0.2) is 37.3 Å². The molecule has 28 heavy (non-hydrogen) atoms. The summed E-state index contributed by atoms with van der Waals surface area (Å²) in [6.45, 7) is 1.05. The smallest absolute Gasteiger partial charge is 0.238 e. The van der Waals surface area contributed by atoms with Gasteiger partial charge in [0, 0.05) is 5.69 Å². The number of para-hydroxylation sites is 1. The summed E-state index contributed by atoms with van der Waals surface area (Å²) in [6, 6.07) is 14.1. The molecule has 4 rings (SSSR count). The van der Waals surface area contributed by atoms with Crippen LogP contribution in [0.1, 0.15) is 23.9 Å². The number of fused-ring (bicyclic) bond motifs is 1. The molecule has 1 aliphatic rings. The minimum Gasteiger partial charge on any atom is -0.325 e. The predicted molar refractivity (Wildman–Crippen MR) is 110 cm³/mol. The molecule has 3 aromatic rings. The molecule has 0 unspecified atom stereocenters. The number of carbonyl (C=O) groups excluding carboxylic acids is 1. The number of thiazole rings is 1. The minimum atomic E-state index is -3.81. The lowest BCUT2D eigenvalue weighted by Crippen LogP contribution is -2.33. The first-order valence-electron chi connectivity index (χ1n) is 8.92. The van der Waals surface area contributed by atoms with Crippen molar-refractivity contribution in [3.63, 3.8) is 0 Å². The Balaban J connectivity index is 1.46. The molecule has 146 valence electrons. The molecule has 2 aromatic carbocycles. The summed E-state index contributed by atoms with van der Waals surface area (Å²) in [7, 11) is -3.81. The van der Waals surface area contributed by atoms with Crippen molar-refractivity contribution in [2.45, 2.75) is 23.8 Å². The van der Waals surface area contributed by atoms with E-state index in [4.69, 9.17) is 10.1 Å². The third-order valence-corrected chi connectivity index (χ3v) is 6.80. The fraction of sp³-hybridized carbons (Fsp3) is 0.263. The van der Waals surface area contributed by atoms with Crippen LogP contribution in [0.5, 0.6) is 0 Å². The first-order valence-corrected chi connectivity index (χ1v) is 11.3. The molecule has 7 nitrogen and oxygen atoms in total.